The number of likely N-dealkylation sites (tertiary alicyclic amines) is 1. The Kier molecular flexibility index (Phi) is 4.43. The summed E-state index contributed by atoms with van der Waals surface area (Å²) < 4.78 is 64.0. The summed E-state index contributed by atoms with van der Waals surface area (Å²) >= 11 is 0. The number of piperidine rings is 1. The van der Waals surface area contributed by atoms with Crippen LogP contribution in [-0.4, -0.2) is 40.4 Å². The molecule has 9 heteroatoms. The molecule has 2 heterocycles. The number of halogens is 5. The highest BCUT2D eigenvalue weighted by Crippen LogP contribution is 2.32. The van der Waals surface area contributed by atoms with Crippen LogP contribution in [0.2, 0.25) is 0 Å². The number of nitrogens with zero attached hydrogens (tertiary/aromatic N) is 3. The van der Waals surface area contributed by atoms with Crippen molar-refractivity contribution >= 4 is 0 Å². The second-order valence-corrected chi connectivity index (χ2v) is 5.02. The predicted molar refractivity (Wildman–Crippen MR) is 64.6 cm³/mol. The fourth-order valence-electron chi connectivity index (χ4n) is 2.41. The highest BCUT2D eigenvalue weighted by atomic mass is 19.4. The van der Waals surface area contributed by atoms with E-state index in [0.717, 1.165) is 12.4 Å². The standard InChI is InChI=1S/C12H15F5N4/c13-11(14)2-1-3-21(7-11)9(4-18)8-5-19-10(20-6-8)12(15,16)17/h5-6,9H,1-4,7,18H2. The van der Waals surface area contributed by atoms with Gasteiger partial charge < -0.3 is 5.73 Å². The average Bonchev–Trinajstić information content (AvgIpc) is 2.38. The fourth-order valence-corrected chi connectivity index (χ4v) is 2.41. The Bertz CT molecular complexity index is 474. The van der Waals surface area contributed by atoms with E-state index in [0.29, 0.717) is 18.5 Å². The van der Waals surface area contributed by atoms with Crippen molar-refractivity contribution in [2.24, 2.45) is 5.73 Å². The Morgan fingerprint density at radius 3 is 2.38 bits per heavy atom. The minimum atomic E-state index is -4.63. The lowest BCUT2D eigenvalue weighted by molar-refractivity contribution is -0.145. The molecule has 2 N–H and O–H groups in total. The van der Waals surface area contributed by atoms with Gasteiger partial charge in [-0.15, -0.1) is 0 Å². The number of hydrogen-bond donors (Lipinski definition) is 1. The first-order valence-electron chi connectivity index (χ1n) is 6.44. The van der Waals surface area contributed by atoms with E-state index in [1.165, 1.54) is 4.90 Å². The molecule has 1 fully saturated rings. The molecule has 1 aromatic rings. The van der Waals surface area contributed by atoms with E-state index in [2.05, 4.69) is 9.97 Å². The Morgan fingerprint density at radius 1 is 1.29 bits per heavy atom. The van der Waals surface area contributed by atoms with Crippen molar-refractivity contribution in [2.45, 2.75) is 31.0 Å². The summed E-state index contributed by atoms with van der Waals surface area (Å²) in [5.74, 6) is -4.07. The molecular weight excluding hydrogens is 295 g/mol. The van der Waals surface area contributed by atoms with Gasteiger partial charge in [-0.1, -0.05) is 0 Å². The molecule has 1 atom stereocenters. The molecule has 0 spiro atoms. The number of rotatable bonds is 3. The molecule has 21 heavy (non-hydrogen) atoms. The molecule has 1 aliphatic rings. The molecule has 1 aliphatic heterocycles. The number of alkyl halides is 5. The van der Waals surface area contributed by atoms with Crippen LogP contribution in [0.15, 0.2) is 12.4 Å². The lowest BCUT2D eigenvalue weighted by Gasteiger charge is -2.37. The van der Waals surface area contributed by atoms with Crippen molar-refractivity contribution < 1.29 is 22.0 Å². The zero-order valence-electron chi connectivity index (χ0n) is 11.1. The third-order valence-corrected chi connectivity index (χ3v) is 3.40. The second kappa shape index (κ2) is 5.80. The van der Waals surface area contributed by atoms with Gasteiger partial charge in [0.25, 0.3) is 5.92 Å². The normalized spacial score (nSPS) is 21.2. The third kappa shape index (κ3) is 3.85. The van der Waals surface area contributed by atoms with Gasteiger partial charge in [-0.2, -0.15) is 13.2 Å². The van der Waals surface area contributed by atoms with E-state index in [4.69, 9.17) is 5.73 Å². The highest BCUT2D eigenvalue weighted by Gasteiger charge is 2.38. The van der Waals surface area contributed by atoms with Crippen molar-refractivity contribution in [3.05, 3.63) is 23.8 Å². The Morgan fingerprint density at radius 2 is 1.90 bits per heavy atom. The van der Waals surface area contributed by atoms with Crippen LogP contribution in [0, 0.1) is 0 Å². The number of aromatic nitrogens is 2. The van der Waals surface area contributed by atoms with Crippen molar-refractivity contribution in [2.75, 3.05) is 19.6 Å². The van der Waals surface area contributed by atoms with E-state index < -0.39 is 30.5 Å². The molecule has 118 valence electrons. The zero-order chi connectivity index (χ0) is 15.7. The van der Waals surface area contributed by atoms with Crippen molar-refractivity contribution in [3.8, 4) is 0 Å². The van der Waals surface area contributed by atoms with E-state index in [9.17, 15) is 22.0 Å². The van der Waals surface area contributed by atoms with Crippen LogP contribution in [0.4, 0.5) is 22.0 Å². The molecule has 0 radical (unpaired) electrons. The zero-order valence-corrected chi connectivity index (χ0v) is 11.1. The van der Waals surface area contributed by atoms with E-state index in [1.807, 2.05) is 0 Å². The first-order valence-corrected chi connectivity index (χ1v) is 6.44. The summed E-state index contributed by atoms with van der Waals surface area (Å²) in [4.78, 5) is 7.96. The van der Waals surface area contributed by atoms with Crippen LogP contribution in [0.5, 0.6) is 0 Å². The molecule has 4 nitrogen and oxygen atoms in total. The van der Waals surface area contributed by atoms with Crippen LogP contribution in [0.25, 0.3) is 0 Å². The Labute approximate surface area is 118 Å². The van der Waals surface area contributed by atoms with Gasteiger partial charge in [-0.05, 0) is 13.0 Å². The topological polar surface area (TPSA) is 55.0 Å². The smallest absolute Gasteiger partial charge is 0.329 e. The van der Waals surface area contributed by atoms with Gasteiger partial charge >= 0.3 is 6.18 Å². The first-order chi connectivity index (χ1) is 9.73. The third-order valence-electron chi connectivity index (χ3n) is 3.40. The van der Waals surface area contributed by atoms with Crippen LogP contribution >= 0.6 is 0 Å². The maximum atomic E-state index is 13.4. The molecular formula is C12H15F5N4. The van der Waals surface area contributed by atoms with E-state index in [-0.39, 0.29) is 13.0 Å². The molecule has 0 aromatic carbocycles. The van der Waals surface area contributed by atoms with Crippen molar-refractivity contribution in [1.29, 1.82) is 0 Å². The molecule has 0 amide bonds. The van der Waals surface area contributed by atoms with E-state index in [1.54, 1.807) is 0 Å². The van der Waals surface area contributed by atoms with Gasteiger partial charge in [0.15, 0.2) is 0 Å². The maximum Gasteiger partial charge on any atom is 0.451 e. The molecule has 0 bridgehead atoms. The molecule has 1 aromatic heterocycles. The number of nitrogens with two attached hydrogens (primary N) is 1. The van der Waals surface area contributed by atoms with Gasteiger partial charge in [0.2, 0.25) is 5.82 Å². The largest absolute Gasteiger partial charge is 0.451 e. The highest BCUT2D eigenvalue weighted by molar-refractivity contribution is 5.13. The van der Waals surface area contributed by atoms with Crippen LogP contribution < -0.4 is 5.73 Å². The first kappa shape index (κ1) is 16.0. The van der Waals surface area contributed by atoms with Gasteiger partial charge in [-0.25, -0.2) is 18.7 Å². The quantitative estimate of drug-likeness (QED) is 0.870. The Balaban J connectivity index is 2.17. The fraction of sp³-hybridized carbons (Fsp3) is 0.667. The Hall–Kier alpha value is -1.35. The maximum absolute atomic E-state index is 13.4. The monoisotopic (exact) mass is 310 g/mol. The lowest BCUT2D eigenvalue weighted by atomic mass is 10.0. The summed E-state index contributed by atoms with van der Waals surface area (Å²) in [6.07, 6.45) is -2.51. The molecule has 0 saturated carbocycles. The van der Waals surface area contributed by atoms with Gasteiger partial charge in [0.1, 0.15) is 0 Å². The molecule has 2 rings (SSSR count). The SMILES string of the molecule is NCC(c1cnc(C(F)(F)F)nc1)N1CCCC(F)(F)C1. The van der Waals surface area contributed by atoms with Crippen LogP contribution in [-0.2, 0) is 6.18 Å². The summed E-state index contributed by atoms with van der Waals surface area (Å²) in [5.41, 5.74) is 5.89. The summed E-state index contributed by atoms with van der Waals surface area (Å²) in [6.45, 7) is -0.0425. The number of hydrogen-bond acceptors (Lipinski definition) is 4. The average molecular weight is 310 g/mol. The van der Waals surface area contributed by atoms with Gasteiger partial charge in [0.05, 0.1) is 12.6 Å². The summed E-state index contributed by atoms with van der Waals surface area (Å²) in [6, 6.07) is -0.613. The van der Waals surface area contributed by atoms with Gasteiger partial charge in [-0.3, -0.25) is 4.90 Å². The minimum Gasteiger partial charge on any atom is -0.329 e. The summed E-state index contributed by atoms with van der Waals surface area (Å²) in [7, 11) is 0. The molecule has 0 aliphatic carbocycles. The van der Waals surface area contributed by atoms with Crippen LogP contribution in [0.1, 0.15) is 30.3 Å². The van der Waals surface area contributed by atoms with Gasteiger partial charge in [0, 0.05) is 30.9 Å². The lowest BCUT2D eigenvalue weighted by Crippen LogP contribution is -2.46. The van der Waals surface area contributed by atoms with Crippen LogP contribution in [0.3, 0.4) is 0 Å². The second-order valence-electron chi connectivity index (χ2n) is 5.02. The van der Waals surface area contributed by atoms with Crippen molar-refractivity contribution in [3.63, 3.8) is 0 Å². The predicted octanol–water partition coefficient (Wildman–Crippen LogP) is 2.23. The molecule has 1 saturated heterocycles. The van der Waals surface area contributed by atoms with E-state index >= 15 is 0 Å². The minimum absolute atomic E-state index is 0.00477. The van der Waals surface area contributed by atoms with Crippen molar-refractivity contribution in [1.82, 2.24) is 14.9 Å². The summed E-state index contributed by atoms with van der Waals surface area (Å²) in [5, 5.41) is 0. The molecule has 1 unspecified atom stereocenters.